The largest absolute Gasteiger partial charge is 0.444 e. The van der Waals surface area contributed by atoms with Crippen LogP contribution in [0, 0.1) is 24.0 Å². The van der Waals surface area contributed by atoms with Gasteiger partial charge in [-0.25, -0.2) is 4.79 Å². The number of anilines is 1. The molecule has 22 heavy (non-hydrogen) atoms. The minimum Gasteiger partial charge on any atom is -0.444 e. The maximum absolute atomic E-state index is 11.5. The second-order valence-electron chi connectivity index (χ2n) is 6.07. The summed E-state index contributed by atoms with van der Waals surface area (Å²) in [6, 6.07) is 3.28. The van der Waals surface area contributed by atoms with Crippen LogP contribution in [-0.2, 0) is 4.74 Å². The van der Waals surface area contributed by atoms with Crippen molar-refractivity contribution in [2.75, 3.05) is 18.4 Å². The van der Waals surface area contributed by atoms with E-state index < -0.39 is 16.6 Å². The van der Waals surface area contributed by atoms with Crippen LogP contribution in [0.1, 0.15) is 31.9 Å². The van der Waals surface area contributed by atoms with Gasteiger partial charge in [0.2, 0.25) is 0 Å². The Labute approximate surface area is 130 Å². The lowest BCUT2D eigenvalue weighted by Crippen LogP contribution is -2.35. The number of rotatable bonds is 5. The summed E-state index contributed by atoms with van der Waals surface area (Å²) in [6.45, 7) is 9.73. The zero-order valence-electron chi connectivity index (χ0n) is 13.6. The molecule has 0 aliphatic carbocycles. The third-order valence-corrected chi connectivity index (χ3v) is 2.92. The summed E-state index contributed by atoms with van der Waals surface area (Å²) in [5, 5.41) is 16.6. The van der Waals surface area contributed by atoms with E-state index in [2.05, 4.69) is 10.6 Å². The van der Waals surface area contributed by atoms with Crippen molar-refractivity contribution in [3.63, 3.8) is 0 Å². The average Bonchev–Trinajstić information content (AvgIpc) is 2.35. The summed E-state index contributed by atoms with van der Waals surface area (Å²) in [5.41, 5.74) is 1.75. The molecule has 122 valence electrons. The number of carbonyl (C=O) groups excluding carboxylic acids is 1. The first kappa shape index (κ1) is 17.7. The Bertz CT molecular complexity index is 565. The van der Waals surface area contributed by atoms with Crippen LogP contribution < -0.4 is 10.6 Å². The van der Waals surface area contributed by atoms with Crippen molar-refractivity contribution >= 4 is 17.5 Å². The van der Waals surface area contributed by atoms with Gasteiger partial charge in [-0.2, -0.15) is 0 Å². The smallest absolute Gasteiger partial charge is 0.407 e. The van der Waals surface area contributed by atoms with E-state index in [0.717, 1.165) is 11.1 Å². The van der Waals surface area contributed by atoms with Crippen molar-refractivity contribution in [3.8, 4) is 0 Å². The van der Waals surface area contributed by atoms with Gasteiger partial charge < -0.3 is 15.4 Å². The molecule has 7 heteroatoms. The first-order valence-corrected chi connectivity index (χ1v) is 7.06. The second kappa shape index (κ2) is 7.11. The fourth-order valence-electron chi connectivity index (χ4n) is 1.77. The van der Waals surface area contributed by atoms with E-state index >= 15 is 0 Å². The summed E-state index contributed by atoms with van der Waals surface area (Å²) in [4.78, 5) is 22.1. The highest BCUT2D eigenvalue weighted by molar-refractivity contribution is 5.68. The molecule has 0 heterocycles. The summed E-state index contributed by atoms with van der Waals surface area (Å²) in [7, 11) is 0. The third-order valence-electron chi connectivity index (χ3n) is 2.92. The number of hydrogen-bond acceptors (Lipinski definition) is 5. The van der Waals surface area contributed by atoms with Crippen molar-refractivity contribution in [3.05, 3.63) is 33.4 Å². The van der Waals surface area contributed by atoms with Gasteiger partial charge in [-0.05, 0) is 51.8 Å². The maximum Gasteiger partial charge on any atom is 0.407 e. The second-order valence-corrected chi connectivity index (χ2v) is 6.07. The number of nitro benzene ring substituents is 1. The van der Waals surface area contributed by atoms with Gasteiger partial charge in [0.15, 0.2) is 0 Å². The van der Waals surface area contributed by atoms with E-state index in [4.69, 9.17) is 4.74 Å². The monoisotopic (exact) mass is 309 g/mol. The standard InChI is InChI=1S/C15H23N3O4/c1-10-8-12(13(18(20)21)9-11(10)2)16-6-7-17-14(19)22-15(3,4)5/h8-9,16H,6-7H2,1-5H3,(H,17,19). The van der Waals surface area contributed by atoms with Gasteiger partial charge in [0.1, 0.15) is 11.3 Å². The van der Waals surface area contributed by atoms with Crippen LogP contribution in [0.2, 0.25) is 0 Å². The molecule has 0 aliphatic heterocycles. The van der Waals surface area contributed by atoms with Crippen molar-refractivity contribution in [2.45, 2.75) is 40.2 Å². The van der Waals surface area contributed by atoms with Crippen LogP contribution in [0.4, 0.5) is 16.2 Å². The number of hydrogen-bond donors (Lipinski definition) is 2. The van der Waals surface area contributed by atoms with Crippen LogP contribution >= 0.6 is 0 Å². The number of amides is 1. The van der Waals surface area contributed by atoms with Crippen LogP contribution in [0.15, 0.2) is 12.1 Å². The van der Waals surface area contributed by atoms with Gasteiger partial charge in [-0.3, -0.25) is 10.1 Å². The van der Waals surface area contributed by atoms with Crippen molar-refractivity contribution < 1.29 is 14.5 Å². The topological polar surface area (TPSA) is 93.5 Å². The summed E-state index contributed by atoms with van der Waals surface area (Å²) in [6.07, 6.45) is -0.510. The lowest BCUT2D eigenvalue weighted by molar-refractivity contribution is -0.384. The molecule has 0 radical (unpaired) electrons. The number of alkyl carbamates (subject to hydrolysis) is 1. The highest BCUT2D eigenvalue weighted by atomic mass is 16.6. The molecule has 7 nitrogen and oxygen atoms in total. The van der Waals surface area contributed by atoms with Crippen LogP contribution in [-0.4, -0.2) is 29.7 Å². The van der Waals surface area contributed by atoms with E-state index in [1.165, 1.54) is 0 Å². The molecular weight excluding hydrogens is 286 g/mol. The van der Waals surface area contributed by atoms with E-state index in [-0.39, 0.29) is 5.69 Å². The molecule has 0 aliphatic rings. The Morgan fingerprint density at radius 2 is 1.82 bits per heavy atom. The lowest BCUT2D eigenvalue weighted by Gasteiger charge is -2.19. The molecule has 0 saturated carbocycles. The molecule has 0 spiro atoms. The summed E-state index contributed by atoms with van der Waals surface area (Å²) < 4.78 is 5.10. The highest BCUT2D eigenvalue weighted by Gasteiger charge is 2.17. The van der Waals surface area contributed by atoms with E-state index in [9.17, 15) is 14.9 Å². The number of carbonyl (C=O) groups is 1. The van der Waals surface area contributed by atoms with Gasteiger partial charge in [0, 0.05) is 19.2 Å². The fourth-order valence-corrected chi connectivity index (χ4v) is 1.77. The quantitative estimate of drug-likeness (QED) is 0.495. The molecule has 0 bridgehead atoms. The first-order valence-electron chi connectivity index (χ1n) is 7.06. The predicted molar refractivity (Wildman–Crippen MR) is 85.3 cm³/mol. The SMILES string of the molecule is Cc1cc(NCCNC(=O)OC(C)(C)C)c([N+](=O)[O-])cc1C. The maximum atomic E-state index is 11.5. The van der Waals surface area contributed by atoms with Gasteiger partial charge >= 0.3 is 6.09 Å². The molecule has 1 aromatic carbocycles. The molecule has 1 rings (SSSR count). The normalized spacial score (nSPS) is 11.0. The van der Waals surface area contributed by atoms with Crippen molar-refractivity contribution in [2.24, 2.45) is 0 Å². The third kappa shape index (κ3) is 5.59. The molecular formula is C15H23N3O4. The zero-order chi connectivity index (χ0) is 16.9. The van der Waals surface area contributed by atoms with Crippen molar-refractivity contribution in [1.29, 1.82) is 0 Å². The number of benzene rings is 1. The molecule has 0 unspecified atom stereocenters. The molecule has 0 atom stereocenters. The van der Waals surface area contributed by atoms with E-state index in [0.29, 0.717) is 18.8 Å². The van der Waals surface area contributed by atoms with Crippen molar-refractivity contribution in [1.82, 2.24) is 5.32 Å². The van der Waals surface area contributed by atoms with Crippen LogP contribution in [0.25, 0.3) is 0 Å². The Kier molecular flexibility index (Phi) is 5.73. The Morgan fingerprint density at radius 3 is 2.36 bits per heavy atom. The number of nitrogens with one attached hydrogen (secondary N) is 2. The number of nitro groups is 1. The zero-order valence-corrected chi connectivity index (χ0v) is 13.6. The minimum atomic E-state index is -0.551. The molecule has 0 saturated heterocycles. The Morgan fingerprint density at radius 1 is 1.23 bits per heavy atom. The van der Waals surface area contributed by atoms with Crippen LogP contribution in [0.5, 0.6) is 0 Å². The van der Waals surface area contributed by atoms with Gasteiger partial charge in [-0.1, -0.05) is 0 Å². The summed E-state index contributed by atoms with van der Waals surface area (Å²) in [5.74, 6) is 0. The van der Waals surface area contributed by atoms with Crippen LogP contribution in [0.3, 0.4) is 0 Å². The highest BCUT2D eigenvalue weighted by Crippen LogP contribution is 2.27. The Hall–Kier alpha value is -2.31. The minimum absolute atomic E-state index is 0.0281. The van der Waals surface area contributed by atoms with E-state index in [1.54, 1.807) is 32.9 Å². The van der Waals surface area contributed by atoms with Gasteiger partial charge in [-0.15, -0.1) is 0 Å². The average molecular weight is 309 g/mol. The number of nitrogens with zero attached hydrogens (tertiary/aromatic N) is 1. The number of ether oxygens (including phenoxy) is 1. The molecule has 0 aromatic heterocycles. The first-order chi connectivity index (χ1) is 10.1. The molecule has 0 fully saturated rings. The van der Waals surface area contributed by atoms with Gasteiger partial charge in [0.05, 0.1) is 4.92 Å². The van der Waals surface area contributed by atoms with E-state index in [1.807, 2.05) is 13.8 Å². The molecule has 1 amide bonds. The summed E-state index contributed by atoms with van der Waals surface area (Å²) >= 11 is 0. The molecule has 2 N–H and O–H groups in total. The predicted octanol–water partition coefficient (Wildman–Crippen LogP) is 3.15. The Balaban J connectivity index is 2.57. The number of aryl methyl sites for hydroxylation is 2. The van der Waals surface area contributed by atoms with Gasteiger partial charge in [0.25, 0.3) is 5.69 Å². The molecule has 1 aromatic rings. The fraction of sp³-hybridized carbons (Fsp3) is 0.533. The lowest BCUT2D eigenvalue weighted by atomic mass is 10.1.